The van der Waals surface area contributed by atoms with Crippen LogP contribution in [0.4, 0.5) is 5.69 Å². The fourth-order valence-electron chi connectivity index (χ4n) is 2.11. The summed E-state index contributed by atoms with van der Waals surface area (Å²) in [5, 5.41) is 3.34. The van der Waals surface area contributed by atoms with Crippen molar-refractivity contribution < 1.29 is 17.9 Å². The molecule has 0 unspecified atom stereocenters. The van der Waals surface area contributed by atoms with Gasteiger partial charge >= 0.3 is 0 Å². The number of hydrogen-bond donors (Lipinski definition) is 1. The number of carbonyl (C=O) groups is 1. The number of hydrogen-bond acceptors (Lipinski definition) is 4. The summed E-state index contributed by atoms with van der Waals surface area (Å²) in [7, 11) is -3.41. The van der Waals surface area contributed by atoms with E-state index in [4.69, 9.17) is 16.3 Å². The Labute approximate surface area is 149 Å². The smallest absolute Gasteiger partial charge is 0.232 e. The first-order chi connectivity index (χ1) is 11.3. The van der Waals surface area contributed by atoms with Gasteiger partial charge in [0.1, 0.15) is 0 Å². The first kappa shape index (κ1) is 20.7. The molecule has 1 aromatic carbocycles. The molecule has 0 bridgehead atoms. The number of benzene rings is 1. The maximum Gasteiger partial charge on any atom is 0.232 e. The number of nitrogens with zero attached hydrogens (tertiary/aromatic N) is 1. The number of sulfonamides is 1. The van der Waals surface area contributed by atoms with E-state index < -0.39 is 10.0 Å². The number of amides is 1. The highest BCUT2D eigenvalue weighted by Crippen LogP contribution is 2.20. The second kappa shape index (κ2) is 10.5. The van der Waals surface area contributed by atoms with E-state index in [1.807, 2.05) is 6.92 Å². The summed E-state index contributed by atoms with van der Waals surface area (Å²) in [5.41, 5.74) is 0.541. The summed E-state index contributed by atoms with van der Waals surface area (Å²) in [6, 6.07) is 6.58. The Morgan fingerprint density at radius 1 is 1.25 bits per heavy atom. The molecule has 0 aromatic heterocycles. The Morgan fingerprint density at radius 2 is 1.92 bits per heavy atom. The summed E-state index contributed by atoms with van der Waals surface area (Å²) < 4.78 is 30.4. The number of halogens is 1. The van der Waals surface area contributed by atoms with Crippen LogP contribution in [0.1, 0.15) is 26.2 Å². The normalized spacial score (nSPS) is 11.3. The van der Waals surface area contributed by atoms with Crippen LogP contribution in [0.25, 0.3) is 0 Å². The monoisotopic (exact) mass is 376 g/mol. The van der Waals surface area contributed by atoms with Crippen molar-refractivity contribution in [1.82, 2.24) is 5.32 Å². The zero-order valence-electron chi connectivity index (χ0n) is 14.1. The fourth-order valence-corrected chi connectivity index (χ4v) is 3.20. The third kappa shape index (κ3) is 7.99. The molecule has 0 saturated heterocycles. The maximum absolute atomic E-state index is 11.9. The molecular formula is C16H25ClN2O4S. The van der Waals surface area contributed by atoms with Crippen LogP contribution in [0.2, 0.25) is 5.02 Å². The molecule has 1 aromatic rings. The minimum absolute atomic E-state index is 0.0870. The summed E-state index contributed by atoms with van der Waals surface area (Å²) in [6.07, 6.45) is 2.62. The minimum Gasteiger partial charge on any atom is -0.382 e. The minimum atomic E-state index is -3.41. The van der Waals surface area contributed by atoms with Crippen LogP contribution in [0.3, 0.4) is 0 Å². The summed E-state index contributed by atoms with van der Waals surface area (Å²) in [6.45, 7) is 4.01. The van der Waals surface area contributed by atoms with Crippen molar-refractivity contribution >= 4 is 33.2 Å². The molecule has 0 spiro atoms. The lowest BCUT2D eigenvalue weighted by molar-refractivity contribution is -0.121. The molecule has 0 aliphatic carbocycles. The van der Waals surface area contributed by atoms with Crippen LogP contribution in [0, 0.1) is 0 Å². The van der Waals surface area contributed by atoms with Gasteiger partial charge in [0.2, 0.25) is 15.9 Å². The van der Waals surface area contributed by atoms with Crippen LogP contribution >= 0.6 is 11.6 Å². The van der Waals surface area contributed by atoms with Crippen molar-refractivity contribution in [2.75, 3.05) is 36.9 Å². The van der Waals surface area contributed by atoms with E-state index in [1.54, 1.807) is 24.3 Å². The molecule has 136 valence electrons. The van der Waals surface area contributed by atoms with Gasteiger partial charge in [-0.05, 0) is 44.0 Å². The zero-order valence-corrected chi connectivity index (χ0v) is 15.7. The molecule has 0 aliphatic heterocycles. The third-order valence-electron chi connectivity index (χ3n) is 3.27. The molecule has 8 heteroatoms. The van der Waals surface area contributed by atoms with Gasteiger partial charge in [0.15, 0.2) is 0 Å². The van der Waals surface area contributed by atoms with Gasteiger partial charge in [-0.25, -0.2) is 8.42 Å². The van der Waals surface area contributed by atoms with E-state index in [0.717, 1.165) is 12.7 Å². The highest BCUT2D eigenvalue weighted by molar-refractivity contribution is 7.92. The summed E-state index contributed by atoms with van der Waals surface area (Å²) >= 11 is 5.83. The molecule has 24 heavy (non-hydrogen) atoms. The third-order valence-corrected chi connectivity index (χ3v) is 4.72. The molecule has 0 atom stereocenters. The second-order valence-electron chi connectivity index (χ2n) is 5.32. The lowest BCUT2D eigenvalue weighted by Gasteiger charge is -2.22. The standard InChI is InChI=1S/C16H25ClN2O4S/c1-3-23-13-5-11-18-16(20)6-4-12-19(24(2,21)22)15-9-7-14(17)8-10-15/h7-10H,3-6,11-13H2,1-2H3,(H,18,20). The average molecular weight is 377 g/mol. The topological polar surface area (TPSA) is 75.7 Å². The number of ether oxygens (including phenoxy) is 1. The van der Waals surface area contributed by atoms with Crippen molar-refractivity contribution in [3.8, 4) is 0 Å². The highest BCUT2D eigenvalue weighted by atomic mass is 35.5. The Bertz CT molecular complexity index is 605. The van der Waals surface area contributed by atoms with Crippen LogP contribution in [-0.2, 0) is 19.6 Å². The van der Waals surface area contributed by atoms with E-state index in [2.05, 4.69) is 5.32 Å². The highest BCUT2D eigenvalue weighted by Gasteiger charge is 2.17. The largest absolute Gasteiger partial charge is 0.382 e. The lowest BCUT2D eigenvalue weighted by Crippen LogP contribution is -2.32. The molecular weight excluding hydrogens is 352 g/mol. The molecule has 0 saturated carbocycles. The van der Waals surface area contributed by atoms with E-state index >= 15 is 0 Å². The number of carbonyl (C=O) groups excluding carboxylic acids is 1. The van der Waals surface area contributed by atoms with Crippen LogP contribution in [0.5, 0.6) is 0 Å². The van der Waals surface area contributed by atoms with Gasteiger partial charge in [-0.15, -0.1) is 0 Å². The van der Waals surface area contributed by atoms with Crippen LogP contribution < -0.4 is 9.62 Å². The van der Waals surface area contributed by atoms with E-state index in [9.17, 15) is 13.2 Å². The molecule has 0 heterocycles. The van der Waals surface area contributed by atoms with Gasteiger partial charge in [0, 0.05) is 37.7 Å². The lowest BCUT2D eigenvalue weighted by atomic mass is 10.2. The van der Waals surface area contributed by atoms with Crippen molar-refractivity contribution in [2.24, 2.45) is 0 Å². The van der Waals surface area contributed by atoms with E-state index in [0.29, 0.717) is 36.9 Å². The Balaban J connectivity index is 2.44. The quantitative estimate of drug-likeness (QED) is 0.602. The molecule has 1 N–H and O–H groups in total. The summed E-state index contributed by atoms with van der Waals surface area (Å²) in [4.78, 5) is 11.8. The van der Waals surface area contributed by atoms with Gasteiger partial charge in [-0.1, -0.05) is 11.6 Å². The van der Waals surface area contributed by atoms with Crippen molar-refractivity contribution in [1.29, 1.82) is 0 Å². The number of rotatable bonds is 11. The van der Waals surface area contributed by atoms with Gasteiger partial charge in [-0.3, -0.25) is 9.10 Å². The molecule has 6 nitrogen and oxygen atoms in total. The molecule has 0 fully saturated rings. The fraction of sp³-hybridized carbons (Fsp3) is 0.562. The maximum atomic E-state index is 11.9. The van der Waals surface area contributed by atoms with Crippen molar-refractivity contribution in [3.63, 3.8) is 0 Å². The van der Waals surface area contributed by atoms with E-state index in [-0.39, 0.29) is 18.9 Å². The van der Waals surface area contributed by atoms with Gasteiger partial charge in [0.05, 0.1) is 11.9 Å². The predicted molar refractivity (Wildman–Crippen MR) is 97.0 cm³/mol. The first-order valence-corrected chi connectivity index (χ1v) is 10.1. The van der Waals surface area contributed by atoms with Crippen molar-refractivity contribution in [3.05, 3.63) is 29.3 Å². The second-order valence-corrected chi connectivity index (χ2v) is 7.66. The molecule has 0 radical (unpaired) electrons. The summed E-state index contributed by atoms with van der Waals surface area (Å²) in [5.74, 6) is -0.0870. The molecule has 1 rings (SSSR count). The van der Waals surface area contributed by atoms with Crippen LogP contribution in [0.15, 0.2) is 24.3 Å². The van der Waals surface area contributed by atoms with Gasteiger partial charge < -0.3 is 10.1 Å². The van der Waals surface area contributed by atoms with Crippen LogP contribution in [-0.4, -0.2) is 46.9 Å². The Hall–Kier alpha value is -1.31. The molecule has 1 amide bonds. The van der Waals surface area contributed by atoms with E-state index in [1.165, 1.54) is 4.31 Å². The van der Waals surface area contributed by atoms with Gasteiger partial charge in [-0.2, -0.15) is 0 Å². The number of nitrogens with one attached hydrogen (secondary N) is 1. The predicted octanol–water partition coefficient (Wildman–Crippen LogP) is 2.43. The Kier molecular flexibility index (Phi) is 9.10. The van der Waals surface area contributed by atoms with Crippen molar-refractivity contribution in [2.45, 2.75) is 26.2 Å². The SMILES string of the molecule is CCOCCCNC(=O)CCCN(c1ccc(Cl)cc1)S(C)(=O)=O. The first-order valence-electron chi connectivity index (χ1n) is 7.92. The molecule has 0 aliphatic rings. The number of anilines is 1. The zero-order chi connectivity index (χ0) is 18.0. The van der Waals surface area contributed by atoms with Gasteiger partial charge in [0.25, 0.3) is 0 Å². The Morgan fingerprint density at radius 3 is 2.50 bits per heavy atom. The average Bonchev–Trinajstić information content (AvgIpc) is 2.51.